The molecular weight excluding hydrogens is 168 g/mol. The van der Waals surface area contributed by atoms with Crippen molar-refractivity contribution in [1.82, 2.24) is 9.97 Å². The fourth-order valence-corrected chi connectivity index (χ4v) is 0.643. The number of nitrogens with zero attached hydrogens (tertiary/aromatic N) is 2. The number of rotatable bonds is 2. The van der Waals surface area contributed by atoms with Gasteiger partial charge in [0.25, 0.3) is 5.88 Å². The van der Waals surface area contributed by atoms with Gasteiger partial charge in [-0.2, -0.15) is 9.87 Å². The van der Waals surface area contributed by atoms with E-state index in [9.17, 15) is 0 Å². The van der Waals surface area contributed by atoms with Gasteiger partial charge in [-0.15, -0.1) is 0 Å². The highest BCUT2D eigenvalue weighted by atomic mass is 17.2. The second-order valence-electron chi connectivity index (χ2n) is 3.78. The second-order valence-corrected chi connectivity index (χ2v) is 3.78. The maximum absolute atomic E-state index is 5.08. The second kappa shape index (κ2) is 3.70. The third-order valence-corrected chi connectivity index (χ3v) is 1.16. The molecule has 0 amide bonds. The molecule has 0 aromatic carbocycles. The van der Waals surface area contributed by atoms with Crippen LogP contribution in [0.1, 0.15) is 26.5 Å². The molecule has 4 nitrogen and oxygen atoms in total. The van der Waals surface area contributed by atoms with Gasteiger partial charge in [-0.25, -0.2) is 4.98 Å². The molecule has 13 heavy (non-hydrogen) atoms. The molecule has 4 heteroatoms. The Hall–Kier alpha value is -1.16. The number of hydrogen-bond donors (Lipinski definition) is 0. The molecule has 1 rings (SSSR count). The molecule has 1 aromatic heterocycles. The fraction of sp³-hybridized carbons (Fsp3) is 0.556. The summed E-state index contributed by atoms with van der Waals surface area (Å²) < 4.78 is 0. The van der Waals surface area contributed by atoms with Crippen LogP contribution in [-0.2, 0) is 4.89 Å². The van der Waals surface area contributed by atoms with E-state index >= 15 is 0 Å². The van der Waals surface area contributed by atoms with Crippen LogP contribution in [-0.4, -0.2) is 15.6 Å². The third-order valence-electron chi connectivity index (χ3n) is 1.16. The molecule has 0 N–H and O–H groups in total. The summed E-state index contributed by atoms with van der Waals surface area (Å²) >= 11 is 0. The van der Waals surface area contributed by atoms with E-state index in [1.807, 2.05) is 27.7 Å². The highest BCUT2D eigenvalue weighted by molar-refractivity contribution is 5.10. The van der Waals surface area contributed by atoms with Crippen LogP contribution in [0, 0.1) is 6.92 Å². The van der Waals surface area contributed by atoms with E-state index in [0.717, 1.165) is 5.69 Å². The van der Waals surface area contributed by atoms with E-state index in [4.69, 9.17) is 9.78 Å². The lowest BCUT2D eigenvalue weighted by Crippen LogP contribution is -2.21. The zero-order chi connectivity index (χ0) is 9.90. The first-order valence-electron chi connectivity index (χ1n) is 4.12. The Morgan fingerprint density at radius 1 is 1.23 bits per heavy atom. The third kappa shape index (κ3) is 3.85. The summed E-state index contributed by atoms with van der Waals surface area (Å²) in [6, 6.07) is 1.71. The molecule has 0 fully saturated rings. The lowest BCUT2D eigenvalue weighted by atomic mass is 10.2. The van der Waals surface area contributed by atoms with E-state index in [1.54, 1.807) is 6.07 Å². The molecule has 0 saturated carbocycles. The minimum absolute atomic E-state index is 0.334. The van der Waals surface area contributed by atoms with E-state index in [1.165, 1.54) is 6.33 Å². The summed E-state index contributed by atoms with van der Waals surface area (Å²) in [5, 5.41) is 0. The summed E-state index contributed by atoms with van der Waals surface area (Å²) in [7, 11) is 0. The Balaban J connectivity index is 2.55. The quantitative estimate of drug-likeness (QED) is 0.517. The van der Waals surface area contributed by atoms with Gasteiger partial charge in [-0.05, 0) is 27.7 Å². The van der Waals surface area contributed by atoms with Gasteiger partial charge >= 0.3 is 0 Å². The largest absolute Gasteiger partial charge is 0.316 e. The van der Waals surface area contributed by atoms with Crippen molar-refractivity contribution < 1.29 is 9.78 Å². The van der Waals surface area contributed by atoms with Gasteiger partial charge in [-0.1, -0.05) is 0 Å². The number of aromatic nitrogens is 2. The van der Waals surface area contributed by atoms with Crippen molar-refractivity contribution in [2.75, 3.05) is 0 Å². The van der Waals surface area contributed by atoms with Gasteiger partial charge in [0.2, 0.25) is 0 Å². The van der Waals surface area contributed by atoms with Crippen LogP contribution >= 0.6 is 0 Å². The predicted octanol–water partition coefficient (Wildman–Crippen LogP) is 1.89. The van der Waals surface area contributed by atoms with Crippen molar-refractivity contribution in [3.63, 3.8) is 0 Å². The molecule has 0 aliphatic heterocycles. The van der Waals surface area contributed by atoms with Crippen LogP contribution in [0.5, 0.6) is 5.88 Å². The van der Waals surface area contributed by atoms with Gasteiger partial charge in [0.1, 0.15) is 11.9 Å². The molecule has 0 radical (unpaired) electrons. The molecule has 0 spiro atoms. The minimum atomic E-state index is -0.334. The van der Waals surface area contributed by atoms with Crippen LogP contribution in [0.4, 0.5) is 0 Å². The zero-order valence-corrected chi connectivity index (χ0v) is 8.37. The topological polar surface area (TPSA) is 44.2 Å². The van der Waals surface area contributed by atoms with Crippen LogP contribution in [0.15, 0.2) is 12.4 Å². The average Bonchev–Trinajstić information content (AvgIpc) is 2.00. The van der Waals surface area contributed by atoms with Crippen LogP contribution < -0.4 is 4.89 Å². The molecule has 1 aromatic rings. The Morgan fingerprint density at radius 2 is 1.92 bits per heavy atom. The van der Waals surface area contributed by atoms with Crippen molar-refractivity contribution in [3.05, 3.63) is 18.1 Å². The fourth-order valence-electron chi connectivity index (χ4n) is 0.643. The number of hydrogen-bond acceptors (Lipinski definition) is 4. The molecule has 0 atom stereocenters. The predicted molar refractivity (Wildman–Crippen MR) is 48.2 cm³/mol. The first-order chi connectivity index (χ1) is 5.97. The van der Waals surface area contributed by atoms with E-state index in [2.05, 4.69) is 9.97 Å². The standard InChI is InChI=1S/C9H14N2O2/c1-7-5-8(11-6-10-7)12-13-9(2,3)4/h5-6H,1-4H3. The highest BCUT2D eigenvalue weighted by Gasteiger charge is 2.12. The van der Waals surface area contributed by atoms with Crippen LogP contribution in [0.2, 0.25) is 0 Å². The lowest BCUT2D eigenvalue weighted by Gasteiger charge is -2.16. The SMILES string of the molecule is Cc1cc(OOC(C)(C)C)ncn1. The normalized spacial score (nSPS) is 11.4. The van der Waals surface area contributed by atoms with Crippen LogP contribution in [0.3, 0.4) is 0 Å². The van der Waals surface area contributed by atoms with E-state index in [-0.39, 0.29) is 5.60 Å². The van der Waals surface area contributed by atoms with Gasteiger partial charge in [-0.3, -0.25) is 0 Å². The number of aryl methyl sites for hydroxylation is 1. The lowest BCUT2D eigenvalue weighted by molar-refractivity contribution is -0.277. The highest BCUT2D eigenvalue weighted by Crippen LogP contribution is 2.12. The molecule has 0 aliphatic carbocycles. The van der Waals surface area contributed by atoms with Crippen molar-refractivity contribution >= 4 is 0 Å². The Kier molecular flexibility index (Phi) is 2.83. The van der Waals surface area contributed by atoms with Gasteiger partial charge in [0.05, 0.1) is 0 Å². The first kappa shape index (κ1) is 9.92. The van der Waals surface area contributed by atoms with Gasteiger partial charge in [0.15, 0.2) is 0 Å². The average molecular weight is 182 g/mol. The first-order valence-corrected chi connectivity index (χ1v) is 4.12. The molecule has 0 saturated heterocycles. The monoisotopic (exact) mass is 182 g/mol. The van der Waals surface area contributed by atoms with Gasteiger partial charge < -0.3 is 4.89 Å². The van der Waals surface area contributed by atoms with Crippen molar-refractivity contribution in [3.8, 4) is 5.88 Å². The Morgan fingerprint density at radius 3 is 2.46 bits per heavy atom. The molecule has 72 valence electrons. The Bertz CT molecular complexity index is 281. The molecular formula is C9H14N2O2. The molecule has 0 unspecified atom stereocenters. The summed E-state index contributed by atoms with van der Waals surface area (Å²) in [6.45, 7) is 7.58. The van der Waals surface area contributed by atoms with E-state index in [0.29, 0.717) is 5.88 Å². The molecule has 0 aliphatic rings. The minimum Gasteiger partial charge on any atom is -0.316 e. The van der Waals surface area contributed by atoms with Crippen molar-refractivity contribution in [1.29, 1.82) is 0 Å². The van der Waals surface area contributed by atoms with Gasteiger partial charge in [0, 0.05) is 11.8 Å². The maximum atomic E-state index is 5.08. The summed E-state index contributed by atoms with van der Waals surface area (Å²) in [6.07, 6.45) is 1.44. The smallest absolute Gasteiger partial charge is 0.259 e. The summed E-state index contributed by atoms with van der Waals surface area (Å²) in [5.41, 5.74) is 0.515. The summed E-state index contributed by atoms with van der Waals surface area (Å²) in [4.78, 5) is 17.9. The zero-order valence-electron chi connectivity index (χ0n) is 8.37. The van der Waals surface area contributed by atoms with E-state index < -0.39 is 0 Å². The molecule has 0 bridgehead atoms. The Labute approximate surface area is 77.9 Å². The van der Waals surface area contributed by atoms with Crippen molar-refractivity contribution in [2.24, 2.45) is 0 Å². The van der Waals surface area contributed by atoms with Crippen molar-refractivity contribution in [2.45, 2.75) is 33.3 Å². The summed E-state index contributed by atoms with van der Waals surface area (Å²) in [5.74, 6) is 0.433. The van der Waals surface area contributed by atoms with Crippen LogP contribution in [0.25, 0.3) is 0 Å². The molecule has 1 heterocycles. The maximum Gasteiger partial charge on any atom is 0.259 e.